The monoisotopic (exact) mass is 282 g/mol. The first-order valence-corrected chi connectivity index (χ1v) is 6.44. The van der Waals surface area contributed by atoms with Crippen LogP contribution in [-0.2, 0) is 0 Å². The number of aromatic nitrogens is 2. The van der Waals surface area contributed by atoms with Crippen molar-refractivity contribution in [2.45, 2.75) is 0 Å². The number of methoxy groups -OCH3 is 2. The smallest absolute Gasteiger partial charge is 0.272 e. The molecule has 5 nitrogen and oxygen atoms in total. The quantitative estimate of drug-likeness (QED) is 0.802. The zero-order chi connectivity index (χ0) is 14.8. The van der Waals surface area contributed by atoms with Gasteiger partial charge in [0.15, 0.2) is 0 Å². The van der Waals surface area contributed by atoms with Crippen LogP contribution < -0.4 is 15.0 Å². The number of hydrogen-bond acceptors (Lipinski definition) is 4. The second kappa shape index (κ2) is 5.28. The maximum absolute atomic E-state index is 11.8. The normalized spacial score (nSPS) is 10.6. The Balaban J connectivity index is 2.30. The van der Waals surface area contributed by atoms with Crippen molar-refractivity contribution < 1.29 is 9.47 Å². The summed E-state index contributed by atoms with van der Waals surface area (Å²) in [6.45, 7) is 0. The van der Waals surface area contributed by atoms with Crippen molar-refractivity contribution >= 4 is 10.8 Å². The van der Waals surface area contributed by atoms with E-state index in [1.165, 1.54) is 0 Å². The van der Waals surface area contributed by atoms with Crippen molar-refractivity contribution in [3.63, 3.8) is 0 Å². The number of fused-ring (bicyclic) bond motifs is 1. The van der Waals surface area contributed by atoms with E-state index in [-0.39, 0.29) is 5.56 Å². The van der Waals surface area contributed by atoms with Gasteiger partial charge in [-0.05, 0) is 18.2 Å². The molecule has 21 heavy (non-hydrogen) atoms. The molecule has 0 saturated heterocycles. The fraction of sp³-hybridized carbons (Fsp3) is 0.125. The third-order valence-electron chi connectivity index (χ3n) is 3.32. The first-order chi connectivity index (χ1) is 10.2. The SMILES string of the molecule is COc1cc(OC)cc(-c2n[nH]c(=O)c3ccccc23)c1. The summed E-state index contributed by atoms with van der Waals surface area (Å²) in [5.41, 5.74) is 1.30. The minimum Gasteiger partial charge on any atom is -0.497 e. The second-order valence-corrected chi connectivity index (χ2v) is 4.55. The van der Waals surface area contributed by atoms with Crippen LogP contribution in [0.1, 0.15) is 0 Å². The minimum atomic E-state index is -0.204. The molecule has 2 aromatic carbocycles. The van der Waals surface area contributed by atoms with Gasteiger partial charge in [0.25, 0.3) is 5.56 Å². The maximum Gasteiger partial charge on any atom is 0.272 e. The van der Waals surface area contributed by atoms with E-state index in [1.807, 2.05) is 30.3 Å². The number of H-pyrrole nitrogens is 1. The summed E-state index contributed by atoms with van der Waals surface area (Å²) in [4.78, 5) is 11.8. The number of ether oxygens (including phenoxy) is 2. The molecule has 106 valence electrons. The number of aromatic amines is 1. The van der Waals surface area contributed by atoms with Gasteiger partial charge in [-0.1, -0.05) is 18.2 Å². The molecule has 1 aromatic heterocycles. The molecule has 0 atom stereocenters. The Kier molecular flexibility index (Phi) is 3.31. The van der Waals surface area contributed by atoms with Gasteiger partial charge in [0.1, 0.15) is 11.5 Å². The van der Waals surface area contributed by atoms with E-state index in [2.05, 4.69) is 10.2 Å². The van der Waals surface area contributed by atoms with Crippen LogP contribution in [0, 0.1) is 0 Å². The van der Waals surface area contributed by atoms with Crippen molar-refractivity contribution in [2.24, 2.45) is 0 Å². The number of nitrogens with one attached hydrogen (secondary N) is 1. The van der Waals surface area contributed by atoms with Gasteiger partial charge in [-0.3, -0.25) is 4.79 Å². The van der Waals surface area contributed by atoms with E-state index in [0.717, 1.165) is 10.9 Å². The second-order valence-electron chi connectivity index (χ2n) is 4.55. The molecule has 3 aromatic rings. The predicted octanol–water partition coefficient (Wildman–Crippen LogP) is 2.61. The molecule has 0 aliphatic carbocycles. The lowest BCUT2D eigenvalue weighted by atomic mass is 10.0. The Labute approximate surface area is 121 Å². The molecule has 0 aliphatic heterocycles. The highest BCUT2D eigenvalue weighted by Gasteiger charge is 2.11. The van der Waals surface area contributed by atoms with Crippen molar-refractivity contribution in [1.29, 1.82) is 0 Å². The molecule has 1 heterocycles. The standard InChI is InChI=1S/C16H14N2O3/c1-20-11-7-10(8-12(9-11)21-2)15-13-5-3-4-6-14(13)16(19)18-17-15/h3-9H,1-2H3,(H,18,19). The van der Waals surface area contributed by atoms with Crippen LogP contribution in [0.4, 0.5) is 0 Å². The van der Waals surface area contributed by atoms with Crippen LogP contribution >= 0.6 is 0 Å². The van der Waals surface area contributed by atoms with Crippen molar-refractivity contribution in [3.8, 4) is 22.8 Å². The average Bonchev–Trinajstić information content (AvgIpc) is 2.55. The highest BCUT2D eigenvalue weighted by Crippen LogP contribution is 2.31. The van der Waals surface area contributed by atoms with Crippen molar-refractivity contribution in [3.05, 3.63) is 52.8 Å². The van der Waals surface area contributed by atoms with Crippen LogP contribution in [0.5, 0.6) is 11.5 Å². The molecule has 0 unspecified atom stereocenters. The Bertz CT molecular complexity index is 833. The zero-order valence-corrected chi connectivity index (χ0v) is 11.7. The Hall–Kier alpha value is -2.82. The van der Waals surface area contributed by atoms with Gasteiger partial charge in [-0.25, -0.2) is 5.10 Å². The topological polar surface area (TPSA) is 64.2 Å². The average molecular weight is 282 g/mol. The van der Waals surface area contributed by atoms with Crippen molar-refractivity contribution in [1.82, 2.24) is 10.2 Å². The first kappa shape index (κ1) is 13.2. The van der Waals surface area contributed by atoms with E-state index >= 15 is 0 Å². The van der Waals surface area contributed by atoms with Gasteiger partial charge in [0.05, 0.1) is 25.3 Å². The maximum atomic E-state index is 11.8. The van der Waals surface area contributed by atoms with Gasteiger partial charge in [0.2, 0.25) is 0 Å². The highest BCUT2D eigenvalue weighted by molar-refractivity contribution is 5.94. The molecular weight excluding hydrogens is 268 g/mol. The van der Waals surface area contributed by atoms with Gasteiger partial charge < -0.3 is 9.47 Å². The summed E-state index contributed by atoms with van der Waals surface area (Å²) in [7, 11) is 3.19. The van der Waals surface area contributed by atoms with Crippen molar-refractivity contribution in [2.75, 3.05) is 14.2 Å². The summed E-state index contributed by atoms with van der Waals surface area (Å²) >= 11 is 0. The Morgan fingerprint density at radius 3 is 2.19 bits per heavy atom. The van der Waals surface area contributed by atoms with E-state index in [9.17, 15) is 4.79 Å². The lowest BCUT2D eigenvalue weighted by Gasteiger charge is -2.09. The Morgan fingerprint density at radius 1 is 0.952 bits per heavy atom. The number of hydrogen-bond donors (Lipinski definition) is 1. The first-order valence-electron chi connectivity index (χ1n) is 6.44. The summed E-state index contributed by atoms with van der Waals surface area (Å²) < 4.78 is 10.5. The van der Waals surface area contributed by atoms with Crippen LogP contribution in [-0.4, -0.2) is 24.4 Å². The molecule has 0 aliphatic rings. The Morgan fingerprint density at radius 2 is 1.57 bits per heavy atom. The fourth-order valence-corrected chi connectivity index (χ4v) is 2.28. The molecule has 0 radical (unpaired) electrons. The molecule has 5 heteroatoms. The summed E-state index contributed by atoms with van der Waals surface area (Å²) in [6, 6.07) is 12.9. The lowest BCUT2D eigenvalue weighted by molar-refractivity contribution is 0.394. The molecule has 3 rings (SSSR count). The molecule has 0 saturated carbocycles. The van der Waals surface area contributed by atoms with Gasteiger partial charge in [-0.15, -0.1) is 0 Å². The summed E-state index contributed by atoms with van der Waals surface area (Å²) in [5, 5.41) is 8.10. The highest BCUT2D eigenvalue weighted by atomic mass is 16.5. The molecule has 0 fully saturated rings. The van der Waals surface area contributed by atoms with E-state index < -0.39 is 0 Å². The van der Waals surface area contributed by atoms with Crippen LogP contribution in [0.2, 0.25) is 0 Å². The molecular formula is C16H14N2O3. The molecule has 0 bridgehead atoms. The number of rotatable bonds is 3. The molecule has 0 spiro atoms. The predicted molar refractivity (Wildman–Crippen MR) is 80.9 cm³/mol. The molecule has 1 N–H and O–H groups in total. The largest absolute Gasteiger partial charge is 0.497 e. The number of benzene rings is 2. The number of nitrogens with zero attached hydrogens (tertiary/aromatic N) is 1. The van der Waals surface area contributed by atoms with Gasteiger partial charge in [0, 0.05) is 17.0 Å². The fourth-order valence-electron chi connectivity index (χ4n) is 2.28. The van der Waals surface area contributed by atoms with Gasteiger partial charge in [-0.2, -0.15) is 5.10 Å². The summed E-state index contributed by atoms with van der Waals surface area (Å²) in [6.07, 6.45) is 0. The molecule has 0 amide bonds. The third-order valence-corrected chi connectivity index (χ3v) is 3.32. The van der Waals surface area contributed by atoms with Crippen LogP contribution in [0.3, 0.4) is 0 Å². The van der Waals surface area contributed by atoms with E-state index in [1.54, 1.807) is 26.4 Å². The van der Waals surface area contributed by atoms with Gasteiger partial charge >= 0.3 is 0 Å². The zero-order valence-electron chi connectivity index (χ0n) is 11.7. The van der Waals surface area contributed by atoms with Crippen LogP contribution in [0.15, 0.2) is 47.3 Å². The lowest BCUT2D eigenvalue weighted by Crippen LogP contribution is -2.09. The summed E-state index contributed by atoms with van der Waals surface area (Å²) in [5.74, 6) is 1.34. The van der Waals surface area contributed by atoms with E-state index in [0.29, 0.717) is 22.6 Å². The third kappa shape index (κ3) is 2.33. The minimum absolute atomic E-state index is 0.204. The van der Waals surface area contributed by atoms with E-state index in [4.69, 9.17) is 9.47 Å². The van der Waals surface area contributed by atoms with Crippen LogP contribution in [0.25, 0.3) is 22.0 Å².